The van der Waals surface area contributed by atoms with Crippen molar-refractivity contribution in [3.05, 3.63) is 65.7 Å². The van der Waals surface area contributed by atoms with E-state index in [0.717, 1.165) is 5.56 Å². The fourth-order valence-corrected chi connectivity index (χ4v) is 1.90. The van der Waals surface area contributed by atoms with Gasteiger partial charge < -0.3 is 9.64 Å². The molecule has 0 bridgehead atoms. The third-order valence-electron chi connectivity index (χ3n) is 2.98. The van der Waals surface area contributed by atoms with Crippen LogP contribution in [0.15, 0.2) is 54.6 Å². The Morgan fingerprint density at radius 1 is 1.14 bits per heavy atom. The van der Waals surface area contributed by atoms with Crippen molar-refractivity contribution in [3.8, 4) is 11.8 Å². The zero-order valence-electron chi connectivity index (χ0n) is 12.0. The molecule has 1 unspecified atom stereocenters. The maximum atomic E-state index is 12.3. The molecule has 2 rings (SSSR count). The molecule has 0 N–H and O–H groups in total. The summed E-state index contributed by atoms with van der Waals surface area (Å²) in [5.41, 5.74) is 1.27. The van der Waals surface area contributed by atoms with Gasteiger partial charge in [-0.05, 0) is 18.2 Å². The lowest BCUT2D eigenvalue weighted by Gasteiger charge is -2.22. The Balaban J connectivity index is 2.32. The monoisotopic (exact) mass is 280 g/mol. The highest BCUT2D eigenvalue weighted by Gasteiger charge is 2.24. The Kier molecular flexibility index (Phi) is 4.57. The van der Waals surface area contributed by atoms with Crippen molar-refractivity contribution in [1.29, 1.82) is 5.26 Å². The molecule has 0 fully saturated rings. The van der Waals surface area contributed by atoms with Gasteiger partial charge in [0, 0.05) is 19.7 Å². The zero-order chi connectivity index (χ0) is 15.2. The van der Waals surface area contributed by atoms with Gasteiger partial charge in [0.1, 0.15) is 5.75 Å². The van der Waals surface area contributed by atoms with Gasteiger partial charge in [0.05, 0.1) is 11.6 Å². The molecular weight excluding hydrogens is 264 g/mol. The molecule has 1 atom stereocenters. The summed E-state index contributed by atoms with van der Waals surface area (Å²) in [4.78, 5) is 13.8. The van der Waals surface area contributed by atoms with Crippen LogP contribution in [-0.2, 0) is 4.79 Å². The predicted molar refractivity (Wildman–Crippen MR) is 79.7 cm³/mol. The highest BCUT2D eigenvalue weighted by Crippen LogP contribution is 2.24. The highest BCUT2D eigenvalue weighted by molar-refractivity contribution is 5.82. The summed E-state index contributed by atoms with van der Waals surface area (Å²) in [7, 11) is 3.38. The van der Waals surface area contributed by atoms with Gasteiger partial charge in [-0.1, -0.05) is 36.4 Å². The number of hydrogen-bond donors (Lipinski definition) is 0. The molecule has 0 aromatic heterocycles. The molecule has 0 radical (unpaired) electrons. The van der Waals surface area contributed by atoms with Crippen molar-refractivity contribution in [2.45, 2.75) is 6.10 Å². The van der Waals surface area contributed by atoms with E-state index in [1.807, 2.05) is 30.3 Å². The van der Waals surface area contributed by atoms with Gasteiger partial charge in [0.25, 0.3) is 5.91 Å². The zero-order valence-corrected chi connectivity index (χ0v) is 12.0. The molecule has 2 aromatic carbocycles. The van der Waals surface area contributed by atoms with Gasteiger partial charge in [-0.15, -0.1) is 0 Å². The van der Waals surface area contributed by atoms with E-state index in [1.165, 1.54) is 4.90 Å². The Morgan fingerprint density at radius 2 is 1.86 bits per heavy atom. The smallest absolute Gasteiger partial charge is 0.267 e. The maximum Gasteiger partial charge on any atom is 0.267 e. The number of nitrogens with zero attached hydrogens (tertiary/aromatic N) is 2. The lowest BCUT2D eigenvalue weighted by atomic mass is 10.1. The van der Waals surface area contributed by atoms with Crippen molar-refractivity contribution in [2.75, 3.05) is 14.1 Å². The number of rotatable bonds is 4. The van der Waals surface area contributed by atoms with Gasteiger partial charge in [-0.3, -0.25) is 4.79 Å². The second kappa shape index (κ2) is 6.58. The average Bonchev–Trinajstić information content (AvgIpc) is 2.53. The molecule has 4 nitrogen and oxygen atoms in total. The Morgan fingerprint density at radius 3 is 2.48 bits per heavy atom. The van der Waals surface area contributed by atoms with E-state index in [2.05, 4.69) is 6.07 Å². The molecule has 106 valence electrons. The SMILES string of the molecule is CN(C)C(=O)C(Oc1cccc(C#N)c1)c1ccccc1. The van der Waals surface area contributed by atoms with Crippen LogP contribution in [0.4, 0.5) is 0 Å². The number of nitriles is 1. The highest BCUT2D eigenvalue weighted by atomic mass is 16.5. The number of amides is 1. The molecule has 0 aliphatic heterocycles. The number of likely N-dealkylation sites (N-methyl/N-ethyl adjacent to an activating group) is 1. The number of hydrogen-bond acceptors (Lipinski definition) is 3. The van der Waals surface area contributed by atoms with E-state index in [9.17, 15) is 4.79 Å². The van der Waals surface area contributed by atoms with Crippen molar-refractivity contribution < 1.29 is 9.53 Å². The minimum atomic E-state index is -0.727. The van der Waals surface area contributed by atoms with Gasteiger partial charge in [0.15, 0.2) is 0 Å². The number of carbonyl (C=O) groups is 1. The summed E-state index contributed by atoms with van der Waals surface area (Å²) in [6, 6.07) is 18.1. The van der Waals surface area contributed by atoms with E-state index in [0.29, 0.717) is 11.3 Å². The molecule has 0 heterocycles. The first-order valence-corrected chi connectivity index (χ1v) is 6.54. The van der Waals surface area contributed by atoms with E-state index in [-0.39, 0.29) is 5.91 Å². The summed E-state index contributed by atoms with van der Waals surface area (Å²) < 4.78 is 5.82. The summed E-state index contributed by atoms with van der Waals surface area (Å²) in [6.45, 7) is 0. The van der Waals surface area contributed by atoms with Crippen LogP contribution in [0, 0.1) is 11.3 Å². The van der Waals surface area contributed by atoms with Crippen molar-refractivity contribution in [1.82, 2.24) is 4.90 Å². The molecule has 21 heavy (non-hydrogen) atoms. The number of benzene rings is 2. The Hall–Kier alpha value is -2.80. The molecule has 0 saturated carbocycles. The van der Waals surface area contributed by atoms with Crippen molar-refractivity contribution >= 4 is 5.91 Å². The fourth-order valence-electron chi connectivity index (χ4n) is 1.90. The first-order valence-electron chi connectivity index (χ1n) is 6.54. The van der Waals surface area contributed by atoms with Gasteiger partial charge in [0.2, 0.25) is 6.10 Å². The normalized spacial score (nSPS) is 11.3. The minimum Gasteiger partial charge on any atom is -0.476 e. The lowest BCUT2D eigenvalue weighted by molar-refractivity contribution is -0.136. The molecule has 1 amide bonds. The molecule has 4 heteroatoms. The average molecular weight is 280 g/mol. The fraction of sp³-hybridized carbons (Fsp3) is 0.176. The van der Waals surface area contributed by atoms with Crippen LogP contribution < -0.4 is 4.74 Å². The van der Waals surface area contributed by atoms with Gasteiger partial charge in [-0.2, -0.15) is 5.26 Å². The molecule has 0 spiro atoms. The number of carbonyl (C=O) groups excluding carboxylic acids is 1. The van der Waals surface area contributed by atoms with E-state index >= 15 is 0 Å². The second-order valence-corrected chi connectivity index (χ2v) is 4.78. The van der Waals surface area contributed by atoms with Crippen molar-refractivity contribution in [3.63, 3.8) is 0 Å². The van der Waals surface area contributed by atoms with Crippen LogP contribution in [-0.4, -0.2) is 24.9 Å². The molecular formula is C17H16N2O2. The quantitative estimate of drug-likeness (QED) is 0.865. The van der Waals surface area contributed by atoms with Crippen LogP contribution >= 0.6 is 0 Å². The number of ether oxygens (including phenoxy) is 1. The van der Waals surface area contributed by atoms with Gasteiger partial charge >= 0.3 is 0 Å². The third-order valence-corrected chi connectivity index (χ3v) is 2.98. The topological polar surface area (TPSA) is 53.3 Å². The van der Waals surface area contributed by atoms with E-state index in [1.54, 1.807) is 38.4 Å². The minimum absolute atomic E-state index is 0.149. The largest absolute Gasteiger partial charge is 0.476 e. The predicted octanol–water partition coefficient (Wildman–Crippen LogP) is 2.77. The van der Waals surface area contributed by atoms with E-state index in [4.69, 9.17) is 10.00 Å². The standard InChI is InChI=1S/C17H16N2O2/c1-19(2)17(20)16(14-8-4-3-5-9-14)21-15-10-6-7-13(11-15)12-18/h3-11,16H,1-2H3. The molecule has 0 aliphatic rings. The van der Waals surface area contributed by atoms with Crippen LogP contribution in [0.25, 0.3) is 0 Å². The summed E-state index contributed by atoms with van der Waals surface area (Å²) >= 11 is 0. The third kappa shape index (κ3) is 3.61. The molecule has 2 aromatic rings. The van der Waals surface area contributed by atoms with Crippen LogP contribution in [0.2, 0.25) is 0 Å². The lowest BCUT2D eigenvalue weighted by Crippen LogP contribution is -2.31. The first kappa shape index (κ1) is 14.6. The van der Waals surface area contributed by atoms with E-state index < -0.39 is 6.10 Å². The second-order valence-electron chi connectivity index (χ2n) is 4.78. The Bertz CT molecular complexity index is 660. The van der Waals surface area contributed by atoms with Crippen molar-refractivity contribution in [2.24, 2.45) is 0 Å². The van der Waals surface area contributed by atoms with Gasteiger partial charge in [-0.25, -0.2) is 0 Å². The maximum absolute atomic E-state index is 12.3. The van der Waals surface area contributed by atoms with Crippen LogP contribution in [0.1, 0.15) is 17.2 Å². The summed E-state index contributed by atoms with van der Waals surface area (Å²) in [5.74, 6) is 0.349. The van der Waals surface area contributed by atoms with Crippen LogP contribution in [0.3, 0.4) is 0 Å². The molecule has 0 saturated heterocycles. The summed E-state index contributed by atoms with van der Waals surface area (Å²) in [6.07, 6.45) is -0.727. The summed E-state index contributed by atoms with van der Waals surface area (Å²) in [5, 5.41) is 8.93. The first-order chi connectivity index (χ1) is 10.1. The Labute approximate surface area is 124 Å². The van der Waals surface area contributed by atoms with Crippen LogP contribution in [0.5, 0.6) is 5.75 Å². The molecule has 0 aliphatic carbocycles.